The van der Waals surface area contributed by atoms with Gasteiger partial charge >= 0.3 is 15.2 Å². The Morgan fingerprint density at radius 1 is 1.24 bits per heavy atom. The Morgan fingerprint density at radius 2 is 1.76 bits per heavy atom. The fourth-order valence-corrected chi connectivity index (χ4v) is 6.01. The summed E-state index contributed by atoms with van der Waals surface area (Å²) in [4.78, 5) is 36.7. The summed E-state index contributed by atoms with van der Waals surface area (Å²) in [5.74, 6) is 0. The van der Waals surface area contributed by atoms with Crippen LogP contribution in [0.4, 0.5) is 0 Å². The van der Waals surface area contributed by atoms with Crippen molar-refractivity contribution < 1.29 is 28.7 Å². The van der Waals surface area contributed by atoms with Crippen molar-refractivity contribution in [2.24, 2.45) is 0 Å². The van der Waals surface area contributed by atoms with Gasteiger partial charge in [-0.2, -0.15) is 0 Å². The second-order valence-electron chi connectivity index (χ2n) is 4.11. The Bertz CT molecular complexity index is 337. The van der Waals surface area contributed by atoms with E-state index in [2.05, 4.69) is 5.32 Å². The maximum Gasteiger partial charge on any atom is 0.353 e. The van der Waals surface area contributed by atoms with Crippen LogP contribution in [0.5, 0.6) is 0 Å². The smallest absolute Gasteiger partial charge is 0.323 e. The summed E-state index contributed by atoms with van der Waals surface area (Å²) >= 11 is 0.693. The second-order valence-corrected chi connectivity index (χ2v) is 10.7. The number of piperidine rings is 1. The maximum atomic E-state index is 11.3. The van der Waals surface area contributed by atoms with Crippen molar-refractivity contribution in [1.29, 1.82) is 0 Å². The summed E-state index contributed by atoms with van der Waals surface area (Å²) in [6.07, 6.45) is 1.52. The minimum atomic E-state index is -4.90. The SMILES string of the molecule is CC(SC1CCCNC1)(P(=O)(O)O)P(=O)(O)O. The highest BCUT2D eigenvalue weighted by Crippen LogP contribution is 2.74. The molecular weight excluding hydrogens is 288 g/mol. The molecule has 0 amide bonds. The molecule has 0 aromatic rings. The molecular formula is C7H17NO6P2S. The van der Waals surface area contributed by atoms with E-state index in [9.17, 15) is 28.7 Å². The van der Waals surface area contributed by atoms with Crippen LogP contribution in [-0.4, -0.2) is 42.1 Å². The topological polar surface area (TPSA) is 127 Å². The number of rotatable bonds is 4. The van der Waals surface area contributed by atoms with Crippen molar-refractivity contribution in [3.8, 4) is 0 Å². The molecule has 1 saturated heterocycles. The zero-order valence-electron chi connectivity index (χ0n) is 9.31. The Morgan fingerprint density at radius 3 is 2.12 bits per heavy atom. The van der Waals surface area contributed by atoms with Crippen molar-refractivity contribution in [3.63, 3.8) is 0 Å². The van der Waals surface area contributed by atoms with Crippen molar-refractivity contribution in [3.05, 3.63) is 0 Å². The van der Waals surface area contributed by atoms with E-state index < -0.39 is 19.4 Å². The van der Waals surface area contributed by atoms with Gasteiger partial charge in [0.25, 0.3) is 0 Å². The average molecular weight is 305 g/mol. The summed E-state index contributed by atoms with van der Waals surface area (Å²) in [6, 6.07) is 0. The minimum absolute atomic E-state index is 0.200. The molecule has 1 atom stereocenters. The third kappa shape index (κ3) is 3.55. The predicted octanol–water partition coefficient (Wildman–Crippen LogP) is 0.501. The van der Waals surface area contributed by atoms with Gasteiger partial charge in [0, 0.05) is 11.8 Å². The molecule has 1 unspecified atom stereocenters. The molecule has 0 aromatic heterocycles. The fourth-order valence-electron chi connectivity index (χ4n) is 1.54. The van der Waals surface area contributed by atoms with Crippen LogP contribution in [0.3, 0.4) is 0 Å². The van der Waals surface area contributed by atoms with Crippen LogP contribution >= 0.6 is 27.0 Å². The summed E-state index contributed by atoms with van der Waals surface area (Å²) in [6.45, 7) is 2.26. The third-order valence-electron chi connectivity index (χ3n) is 2.72. The monoisotopic (exact) mass is 305 g/mol. The van der Waals surface area contributed by atoms with E-state index >= 15 is 0 Å². The van der Waals surface area contributed by atoms with Crippen molar-refractivity contribution >= 4 is 27.0 Å². The Labute approximate surface area is 104 Å². The molecule has 0 bridgehead atoms. The van der Waals surface area contributed by atoms with E-state index in [1.807, 2.05) is 0 Å². The highest BCUT2D eigenvalue weighted by Gasteiger charge is 2.58. The lowest BCUT2D eigenvalue weighted by molar-refractivity contribution is 0.335. The van der Waals surface area contributed by atoms with E-state index in [0.29, 0.717) is 24.7 Å². The van der Waals surface area contributed by atoms with Gasteiger partial charge in [0.15, 0.2) is 0 Å². The lowest BCUT2D eigenvalue weighted by Gasteiger charge is -2.34. The molecule has 1 aliphatic heterocycles. The van der Waals surface area contributed by atoms with Crippen LogP contribution in [0.1, 0.15) is 19.8 Å². The zero-order chi connectivity index (χ0) is 13.3. The van der Waals surface area contributed by atoms with Crippen LogP contribution in [-0.2, 0) is 9.13 Å². The van der Waals surface area contributed by atoms with Gasteiger partial charge in [0.2, 0.25) is 4.23 Å². The molecule has 1 heterocycles. The Balaban J connectivity index is 2.92. The quantitative estimate of drug-likeness (QED) is 0.475. The number of hydrogen-bond donors (Lipinski definition) is 5. The van der Waals surface area contributed by atoms with Gasteiger partial charge in [0.05, 0.1) is 0 Å². The van der Waals surface area contributed by atoms with Gasteiger partial charge in [0.1, 0.15) is 0 Å². The molecule has 0 spiro atoms. The number of hydrogen-bond acceptors (Lipinski definition) is 4. The molecule has 1 aliphatic rings. The van der Waals surface area contributed by atoms with E-state index in [1.165, 1.54) is 0 Å². The van der Waals surface area contributed by atoms with E-state index in [1.54, 1.807) is 0 Å². The fraction of sp³-hybridized carbons (Fsp3) is 1.00. The molecule has 10 heteroatoms. The van der Waals surface area contributed by atoms with Crippen molar-refractivity contribution in [2.45, 2.75) is 29.2 Å². The summed E-state index contributed by atoms with van der Waals surface area (Å²) in [5, 5.41) is 2.83. The lowest BCUT2D eigenvalue weighted by atomic mass is 10.2. The van der Waals surface area contributed by atoms with E-state index in [4.69, 9.17) is 0 Å². The summed E-state index contributed by atoms with van der Waals surface area (Å²) < 4.78 is 20.3. The van der Waals surface area contributed by atoms with Crippen LogP contribution in [0.15, 0.2) is 0 Å². The number of nitrogens with one attached hydrogen (secondary N) is 1. The molecule has 0 aliphatic carbocycles. The molecule has 5 N–H and O–H groups in total. The van der Waals surface area contributed by atoms with Gasteiger partial charge < -0.3 is 24.9 Å². The maximum absolute atomic E-state index is 11.3. The van der Waals surface area contributed by atoms with Crippen molar-refractivity contribution in [2.75, 3.05) is 13.1 Å². The standard InChI is InChI=1S/C7H17NO6P2S/c1-7(15(9,10)11,16(12,13)14)17-6-3-2-4-8-5-6/h6,8H,2-5H2,1H3,(H2,9,10,11)(H2,12,13,14). The Hall–Kier alpha value is 0.610. The highest BCUT2D eigenvalue weighted by atomic mass is 32.2. The largest absolute Gasteiger partial charge is 0.353 e. The van der Waals surface area contributed by atoms with Gasteiger partial charge in [-0.05, 0) is 26.3 Å². The van der Waals surface area contributed by atoms with E-state index in [0.717, 1.165) is 19.9 Å². The first-order valence-electron chi connectivity index (χ1n) is 5.08. The first-order valence-corrected chi connectivity index (χ1v) is 9.18. The third-order valence-corrected chi connectivity index (χ3v) is 9.69. The van der Waals surface area contributed by atoms with Gasteiger partial charge in [-0.25, -0.2) is 0 Å². The Kier molecular flexibility index (Phi) is 4.89. The van der Waals surface area contributed by atoms with Crippen LogP contribution in [0.2, 0.25) is 0 Å². The van der Waals surface area contributed by atoms with Crippen LogP contribution in [0, 0.1) is 0 Å². The first kappa shape index (κ1) is 15.7. The lowest BCUT2D eigenvalue weighted by Crippen LogP contribution is -2.35. The molecule has 17 heavy (non-hydrogen) atoms. The normalized spacial score (nSPS) is 23.7. The first-order chi connectivity index (χ1) is 7.58. The predicted molar refractivity (Wildman–Crippen MR) is 66.0 cm³/mol. The van der Waals surface area contributed by atoms with Crippen LogP contribution < -0.4 is 5.32 Å². The average Bonchev–Trinajstić information content (AvgIpc) is 2.15. The van der Waals surface area contributed by atoms with Crippen molar-refractivity contribution in [1.82, 2.24) is 5.32 Å². The molecule has 0 radical (unpaired) electrons. The molecule has 0 aromatic carbocycles. The zero-order valence-corrected chi connectivity index (χ0v) is 11.9. The van der Waals surface area contributed by atoms with Gasteiger partial charge in [-0.1, -0.05) is 0 Å². The molecule has 1 fully saturated rings. The number of thioether (sulfide) groups is 1. The molecule has 0 saturated carbocycles. The van der Waals surface area contributed by atoms with Gasteiger partial charge in [-0.3, -0.25) is 9.13 Å². The highest BCUT2D eigenvalue weighted by molar-refractivity contribution is 8.13. The van der Waals surface area contributed by atoms with E-state index in [-0.39, 0.29) is 5.25 Å². The summed E-state index contributed by atoms with van der Waals surface area (Å²) in [5.41, 5.74) is 0. The van der Waals surface area contributed by atoms with Crippen LogP contribution in [0.25, 0.3) is 0 Å². The molecule has 102 valence electrons. The molecule has 7 nitrogen and oxygen atoms in total. The summed E-state index contributed by atoms with van der Waals surface area (Å²) in [7, 11) is -9.81. The molecule has 1 rings (SSSR count). The minimum Gasteiger partial charge on any atom is -0.323 e. The van der Waals surface area contributed by atoms with Gasteiger partial charge in [-0.15, -0.1) is 11.8 Å². The second kappa shape index (κ2) is 5.31.